The van der Waals surface area contributed by atoms with Gasteiger partial charge in [0.15, 0.2) is 11.5 Å². The van der Waals surface area contributed by atoms with E-state index in [9.17, 15) is 0 Å². The average molecular weight is 217 g/mol. The number of ether oxygens (including phenoxy) is 2. The van der Waals surface area contributed by atoms with E-state index in [4.69, 9.17) is 9.47 Å². The van der Waals surface area contributed by atoms with E-state index in [0.29, 0.717) is 6.79 Å². The molecule has 11 heavy (non-hydrogen) atoms. The highest BCUT2D eigenvalue weighted by atomic mass is 79.9. The normalized spacial score (nSPS) is 12.5. The molecule has 60 valence electrons. The van der Waals surface area contributed by atoms with Gasteiger partial charge in [-0.25, -0.2) is 0 Å². The molecule has 2 rings (SSSR count). The van der Waals surface area contributed by atoms with Crippen LogP contribution in [0.4, 0.5) is 0 Å². The number of aryl methyl sites for hydroxylation is 1. The molecular weight excluding hydrogens is 208 g/mol. The van der Waals surface area contributed by atoms with Gasteiger partial charge in [-0.05, 0) is 24.6 Å². The van der Waals surface area contributed by atoms with E-state index < -0.39 is 0 Å². The molecule has 2 nitrogen and oxygen atoms in total. The summed E-state index contributed by atoms with van der Waals surface area (Å²) in [7, 11) is 0. The minimum atomic E-state index is 0. The summed E-state index contributed by atoms with van der Waals surface area (Å²) >= 11 is 0. The summed E-state index contributed by atoms with van der Waals surface area (Å²) in [4.78, 5) is 0. The van der Waals surface area contributed by atoms with E-state index in [1.165, 1.54) is 5.56 Å². The van der Waals surface area contributed by atoms with Gasteiger partial charge >= 0.3 is 0 Å². The highest BCUT2D eigenvalue weighted by Gasteiger charge is 2.11. The quantitative estimate of drug-likeness (QED) is 0.663. The van der Waals surface area contributed by atoms with Gasteiger partial charge in [0.2, 0.25) is 6.79 Å². The lowest BCUT2D eigenvalue weighted by Crippen LogP contribution is -1.92. The molecule has 1 aromatic rings. The molecule has 0 amide bonds. The van der Waals surface area contributed by atoms with Crippen molar-refractivity contribution in [3.05, 3.63) is 23.8 Å². The molecule has 1 aliphatic rings. The Balaban J connectivity index is 0.000000605. The van der Waals surface area contributed by atoms with E-state index >= 15 is 0 Å². The maximum absolute atomic E-state index is 5.16. The molecule has 0 fully saturated rings. The summed E-state index contributed by atoms with van der Waals surface area (Å²) in [5, 5.41) is 0. The van der Waals surface area contributed by atoms with Crippen LogP contribution in [0.1, 0.15) is 5.56 Å². The average Bonchev–Trinajstić information content (AvgIpc) is 2.33. The zero-order chi connectivity index (χ0) is 6.97. The first kappa shape index (κ1) is 8.40. The van der Waals surface area contributed by atoms with E-state index in [1.54, 1.807) is 0 Å². The number of rotatable bonds is 0. The Bertz CT molecular complexity index is 260. The zero-order valence-electron chi connectivity index (χ0n) is 6.16. The van der Waals surface area contributed by atoms with Crippen molar-refractivity contribution in [3.8, 4) is 11.5 Å². The standard InChI is InChI=1S/C8H8O2.BrH/c1-6-2-3-7-8(4-6)10-5-9-7;/h2-4H,5H2,1H3;1H. The molecule has 0 aliphatic carbocycles. The molecular formula is C8H9BrO2. The van der Waals surface area contributed by atoms with Crippen molar-refractivity contribution in [2.24, 2.45) is 0 Å². The van der Waals surface area contributed by atoms with Crippen molar-refractivity contribution in [3.63, 3.8) is 0 Å². The van der Waals surface area contributed by atoms with Crippen molar-refractivity contribution >= 4 is 17.0 Å². The highest BCUT2D eigenvalue weighted by molar-refractivity contribution is 8.93. The first-order valence-corrected chi connectivity index (χ1v) is 3.22. The van der Waals surface area contributed by atoms with Crippen molar-refractivity contribution in [2.75, 3.05) is 6.79 Å². The second-order valence-corrected chi connectivity index (χ2v) is 2.36. The molecule has 0 N–H and O–H groups in total. The second-order valence-electron chi connectivity index (χ2n) is 2.36. The maximum Gasteiger partial charge on any atom is 0.231 e. The van der Waals surface area contributed by atoms with Crippen LogP contribution in [0.15, 0.2) is 18.2 Å². The molecule has 0 bridgehead atoms. The Morgan fingerprint density at radius 2 is 1.91 bits per heavy atom. The van der Waals surface area contributed by atoms with Crippen molar-refractivity contribution in [1.29, 1.82) is 0 Å². The van der Waals surface area contributed by atoms with Gasteiger partial charge < -0.3 is 9.47 Å². The smallest absolute Gasteiger partial charge is 0.231 e. The highest BCUT2D eigenvalue weighted by Crippen LogP contribution is 2.31. The Hall–Kier alpha value is -0.700. The molecule has 0 saturated carbocycles. The van der Waals surface area contributed by atoms with Crippen LogP contribution in [0.5, 0.6) is 11.5 Å². The number of fused-ring (bicyclic) bond motifs is 1. The monoisotopic (exact) mass is 216 g/mol. The molecule has 0 unspecified atom stereocenters. The maximum atomic E-state index is 5.16. The van der Waals surface area contributed by atoms with Crippen LogP contribution in [0.3, 0.4) is 0 Å². The predicted octanol–water partition coefficient (Wildman–Crippen LogP) is 2.30. The van der Waals surface area contributed by atoms with Gasteiger partial charge in [-0.3, -0.25) is 0 Å². The molecule has 1 heterocycles. The van der Waals surface area contributed by atoms with Crippen LogP contribution in [0, 0.1) is 6.92 Å². The SMILES string of the molecule is Br.Cc1ccc2c(c1)OCO2. The van der Waals surface area contributed by atoms with Gasteiger partial charge in [0, 0.05) is 0 Å². The molecule has 0 spiro atoms. The summed E-state index contributed by atoms with van der Waals surface area (Å²) in [6.07, 6.45) is 0. The lowest BCUT2D eigenvalue weighted by molar-refractivity contribution is 0.174. The van der Waals surface area contributed by atoms with E-state index in [1.807, 2.05) is 25.1 Å². The number of benzene rings is 1. The molecule has 0 atom stereocenters. The largest absolute Gasteiger partial charge is 0.454 e. The van der Waals surface area contributed by atoms with Gasteiger partial charge in [0.25, 0.3) is 0 Å². The van der Waals surface area contributed by atoms with Crippen molar-refractivity contribution in [1.82, 2.24) is 0 Å². The molecule has 1 aliphatic heterocycles. The Kier molecular flexibility index (Phi) is 2.39. The van der Waals surface area contributed by atoms with Gasteiger partial charge in [-0.15, -0.1) is 17.0 Å². The first-order valence-electron chi connectivity index (χ1n) is 3.22. The predicted molar refractivity (Wildman–Crippen MR) is 47.6 cm³/mol. The Morgan fingerprint density at radius 1 is 1.18 bits per heavy atom. The Morgan fingerprint density at radius 3 is 2.73 bits per heavy atom. The molecule has 3 heteroatoms. The first-order chi connectivity index (χ1) is 4.86. The van der Waals surface area contributed by atoms with Gasteiger partial charge in [-0.1, -0.05) is 6.07 Å². The Labute approximate surface area is 75.9 Å². The van der Waals surface area contributed by atoms with Crippen LogP contribution >= 0.6 is 17.0 Å². The number of hydrogen-bond donors (Lipinski definition) is 0. The summed E-state index contributed by atoms with van der Waals surface area (Å²) in [5.41, 5.74) is 1.20. The molecule has 0 aromatic heterocycles. The molecule has 0 saturated heterocycles. The summed E-state index contributed by atoms with van der Waals surface area (Å²) in [5.74, 6) is 1.71. The van der Waals surface area contributed by atoms with Gasteiger partial charge in [0.05, 0.1) is 0 Å². The number of hydrogen-bond acceptors (Lipinski definition) is 2. The zero-order valence-corrected chi connectivity index (χ0v) is 7.88. The van der Waals surface area contributed by atoms with E-state index in [0.717, 1.165) is 11.5 Å². The third-order valence-electron chi connectivity index (χ3n) is 1.53. The van der Waals surface area contributed by atoms with Crippen LogP contribution in [0.25, 0.3) is 0 Å². The molecule has 1 aromatic carbocycles. The van der Waals surface area contributed by atoms with Crippen molar-refractivity contribution in [2.45, 2.75) is 6.92 Å². The topological polar surface area (TPSA) is 18.5 Å². The lowest BCUT2D eigenvalue weighted by atomic mass is 10.2. The third kappa shape index (κ3) is 1.48. The fourth-order valence-corrected chi connectivity index (χ4v) is 1.00. The van der Waals surface area contributed by atoms with E-state index in [2.05, 4.69) is 0 Å². The van der Waals surface area contributed by atoms with E-state index in [-0.39, 0.29) is 17.0 Å². The van der Waals surface area contributed by atoms with Crippen LogP contribution in [-0.4, -0.2) is 6.79 Å². The molecule has 0 radical (unpaired) electrons. The van der Waals surface area contributed by atoms with Crippen LogP contribution in [-0.2, 0) is 0 Å². The second kappa shape index (κ2) is 3.13. The van der Waals surface area contributed by atoms with Crippen LogP contribution < -0.4 is 9.47 Å². The van der Waals surface area contributed by atoms with Crippen LogP contribution in [0.2, 0.25) is 0 Å². The number of halogens is 1. The third-order valence-corrected chi connectivity index (χ3v) is 1.53. The fourth-order valence-electron chi connectivity index (χ4n) is 1.00. The minimum absolute atomic E-state index is 0. The summed E-state index contributed by atoms with van der Waals surface area (Å²) in [6, 6.07) is 5.91. The summed E-state index contributed by atoms with van der Waals surface area (Å²) < 4.78 is 10.3. The fraction of sp³-hybridized carbons (Fsp3) is 0.250. The lowest BCUT2D eigenvalue weighted by Gasteiger charge is -1.94. The van der Waals surface area contributed by atoms with Gasteiger partial charge in [0.1, 0.15) is 0 Å². The van der Waals surface area contributed by atoms with Gasteiger partial charge in [-0.2, -0.15) is 0 Å². The van der Waals surface area contributed by atoms with Crippen molar-refractivity contribution < 1.29 is 9.47 Å². The minimum Gasteiger partial charge on any atom is -0.454 e. The summed E-state index contributed by atoms with van der Waals surface area (Å²) in [6.45, 7) is 2.39.